The van der Waals surface area contributed by atoms with Gasteiger partial charge in [0.2, 0.25) is 5.91 Å². The average molecular weight is 423 g/mol. The van der Waals surface area contributed by atoms with Crippen LogP contribution in [0.25, 0.3) is 0 Å². The number of carbonyl (C=O) groups is 2. The Hall–Kier alpha value is -2.25. The molecule has 0 N–H and O–H groups in total. The Bertz CT molecular complexity index is 920. The molecule has 2 aliphatic rings. The molecule has 2 fully saturated rings. The molecular formula is C19H26N4O5S. The number of nitrogens with zero attached hydrogens (tertiary/aromatic N) is 4. The topological polar surface area (TPSA) is 126 Å². The molecule has 0 spiro atoms. The molecule has 1 unspecified atom stereocenters. The van der Waals surface area contributed by atoms with Crippen molar-refractivity contribution in [3.63, 3.8) is 0 Å². The van der Waals surface area contributed by atoms with Crippen molar-refractivity contribution in [2.45, 2.75) is 39.0 Å². The number of rotatable bonds is 4. The number of nitriles is 1. The Morgan fingerprint density at radius 3 is 2.79 bits per heavy atom. The third-order valence-corrected chi connectivity index (χ3v) is 7.64. The van der Waals surface area contributed by atoms with Gasteiger partial charge in [0.25, 0.3) is 5.91 Å². The van der Waals surface area contributed by atoms with Gasteiger partial charge in [-0.25, -0.2) is 4.21 Å². The first-order valence-corrected chi connectivity index (χ1v) is 11.7. The summed E-state index contributed by atoms with van der Waals surface area (Å²) < 4.78 is 27.3. The van der Waals surface area contributed by atoms with Crippen molar-refractivity contribution >= 4 is 21.5 Å². The number of ether oxygens (including phenoxy) is 1. The third kappa shape index (κ3) is 5.64. The van der Waals surface area contributed by atoms with Crippen LogP contribution in [0.3, 0.4) is 0 Å². The molecular weight excluding hydrogens is 396 g/mol. The smallest absolute Gasteiger partial charge is 0.259 e. The fourth-order valence-electron chi connectivity index (χ4n) is 3.66. The summed E-state index contributed by atoms with van der Waals surface area (Å²) in [4.78, 5) is 26.7. The SMILES string of the molecule is Cc1onc(CC(=O)N=S2(=O)CCCN(C(=O)CC3CCOCC3)CC2)c1C#N. The van der Waals surface area contributed by atoms with Gasteiger partial charge in [-0.1, -0.05) is 5.16 Å². The highest BCUT2D eigenvalue weighted by atomic mass is 32.2. The van der Waals surface area contributed by atoms with E-state index in [0.29, 0.717) is 50.8 Å². The van der Waals surface area contributed by atoms with Gasteiger partial charge in [-0.3, -0.25) is 9.59 Å². The Labute approximate surface area is 170 Å². The fourth-order valence-corrected chi connectivity index (χ4v) is 5.57. The first-order chi connectivity index (χ1) is 13.9. The van der Waals surface area contributed by atoms with Crippen LogP contribution in [0.4, 0.5) is 0 Å². The lowest BCUT2D eigenvalue weighted by atomic mass is 9.96. The van der Waals surface area contributed by atoms with Crippen LogP contribution in [0, 0.1) is 24.2 Å². The summed E-state index contributed by atoms with van der Waals surface area (Å²) in [5, 5.41) is 12.8. The van der Waals surface area contributed by atoms with E-state index in [9.17, 15) is 13.8 Å². The van der Waals surface area contributed by atoms with Crippen molar-refractivity contribution in [1.82, 2.24) is 10.1 Å². The highest BCUT2D eigenvalue weighted by Crippen LogP contribution is 2.20. The number of hydrogen-bond acceptors (Lipinski definition) is 7. The van der Waals surface area contributed by atoms with Crippen molar-refractivity contribution in [3.8, 4) is 6.07 Å². The number of aromatic nitrogens is 1. The Balaban J connectivity index is 1.60. The van der Waals surface area contributed by atoms with Crippen LogP contribution >= 0.6 is 0 Å². The lowest BCUT2D eigenvalue weighted by molar-refractivity contribution is -0.132. The molecule has 9 nitrogen and oxygen atoms in total. The summed E-state index contributed by atoms with van der Waals surface area (Å²) in [6.07, 6.45) is 2.60. The molecule has 2 saturated heterocycles. The molecule has 3 heterocycles. The number of aryl methyl sites for hydroxylation is 1. The zero-order chi connectivity index (χ0) is 20.9. The zero-order valence-corrected chi connectivity index (χ0v) is 17.4. The van der Waals surface area contributed by atoms with E-state index >= 15 is 0 Å². The maximum atomic E-state index is 13.1. The lowest BCUT2D eigenvalue weighted by Gasteiger charge is -2.25. The largest absolute Gasteiger partial charge is 0.381 e. The van der Waals surface area contributed by atoms with Crippen LogP contribution in [0.15, 0.2) is 8.89 Å². The summed E-state index contributed by atoms with van der Waals surface area (Å²) in [5.74, 6) is 0.637. The fraction of sp³-hybridized carbons (Fsp3) is 0.684. The molecule has 2 aliphatic heterocycles. The van der Waals surface area contributed by atoms with Gasteiger partial charge in [-0.2, -0.15) is 9.62 Å². The molecule has 1 atom stereocenters. The normalized spacial score (nSPS) is 23.2. The number of hydrogen-bond donors (Lipinski definition) is 0. The Kier molecular flexibility index (Phi) is 7.03. The first kappa shape index (κ1) is 21.5. The summed E-state index contributed by atoms with van der Waals surface area (Å²) in [7, 11) is -2.74. The molecule has 0 aromatic carbocycles. The van der Waals surface area contributed by atoms with Gasteiger partial charge in [0.05, 0.1) is 16.1 Å². The molecule has 3 rings (SSSR count). The molecule has 0 radical (unpaired) electrons. The van der Waals surface area contributed by atoms with Crippen molar-refractivity contribution < 1.29 is 23.1 Å². The van der Waals surface area contributed by atoms with Gasteiger partial charge in [0.15, 0.2) is 5.76 Å². The van der Waals surface area contributed by atoms with Gasteiger partial charge < -0.3 is 14.2 Å². The van der Waals surface area contributed by atoms with E-state index in [1.54, 1.807) is 11.8 Å². The van der Waals surface area contributed by atoms with E-state index in [1.165, 1.54) is 0 Å². The van der Waals surface area contributed by atoms with Crippen LogP contribution < -0.4 is 0 Å². The van der Waals surface area contributed by atoms with E-state index in [4.69, 9.17) is 14.5 Å². The maximum absolute atomic E-state index is 13.1. The van der Waals surface area contributed by atoms with E-state index in [-0.39, 0.29) is 35.1 Å². The monoisotopic (exact) mass is 422 g/mol. The van der Waals surface area contributed by atoms with Crippen molar-refractivity contribution in [2.24, 2.45) is 10.3 Å². The second kappa shape index (κ2) is 9.50. The van der Waals surface area contributed by atoms with Gasteiger partial charge >= 0.3 is 0 Å². The highest BCUT2D eigenvalue weighted by molar-refractivity contribution is 7.93. The second-order valence-corrected chi connectivity index (χ2v) is 10.1. The van der Waals surface area contributed by atoms with Crippen molar-refractivity contribution in [3.05, 3.63) is 17.0 Å². The zero-order valence-electron chi connectivity index (χ0n) is 16.6. The maximum Gasteiger partial charge on any atom is 0.259 e. The second-order valence-electron chi connectivity index (χ2n) is 7.51. The lowest BCUT2D eigenvalue weighted by Crippen LogP contribution is -2.35. The van der Waals surface area contributed by atoms with Crippen LogP contribution in [0.1, 0.15) is 42.7 Å². The van der Waals surface area contributed by atoms with Crippen LogP contribution in [-0.4, -0.2) is 63.9 Å². The summed E-state index contributed by atoms with van der Waals surface area (Å²) >= 11 is 0. The number of amides is 2. The molecule has 10 heteroatoms. The minimum absolute atomic E-state index is 0.0728. The molecule has 1 aromatic heterocycles. The molecule has 2 amide bonds. The standard InChI is InChI=1S/C19H26N4O5S/c1-14-16(13-20)17(21-28-14)12-18(24)22-29(26)9-2-5-23(6-10-29)19(25)11-15-3-7-27-8-4-15/h15H,2-12H2,1H3. The van der Waals surface area contributed by atoms with Crippen molar-refractivity contribution in [2.75, 3.05) is 37.8 Å². The first-order valence-electron chi connectivity index (χ1n) is 9.86. The Morgan fingerprint density at radius 2 is 2.07 bits per heavy atom. The van der Waals surface area contributed by atoms with Gasteiger partial charge in [-0.05, 0) is 32.1 Å². The summed E-state index contributed by atoms with van der Waals surface area (Å²) in [5.41, 5.74) is 0.429. The molecule has 29 heavy (non-hydrogen) atoms. The average Bonchev–Trinajstić information content (AvgIpc) is 2.91. The van der Waals surface area contributed by atoms with E-state index < -0.39 is 15.6 Å². The Morgan fingerprint density at radius 1 is 1.31 bits per heavy atom. The van der Waals surface area contributed by atoms with Gasteiger partial charge in [0.1, 0.15) is 17.3 Å². The minimum Gasteiger partial charge on any atom is -0.381 e. The minimum atomic E-state index is -2.74. The summed E-state index contributed by atoms with van der Waals surface area (Å²) in [6.45, 7) is 3.86. The van der Waals surface area contributed by atoms with Crippen molar-refractivity contribution in [1.29, 1.82) is 5.26 Å². The molecule has 0 aliphatic carbocycles. The van der Waals surface area contributed by atoms with Crippen LogP contribution in [0.2, 0.25) is 0 Å². The van der Waals surface area contributed by atoms with E-state index in [0.717, 1.165) is 12.8 Å². The van der Waals surface area contributed by atoms with Crippen LogP contribution in [-0.2, 0) is 30.5 Å². The third-order valence-electron chi connectivity index (χ3n) is 5.36. The van der Waals surface area contributed by atoms with Crippen LogP contribution in [0.5, 0.6) is 0 Å². The highest BCUT2D eigenvalue weighted by Gasteiger charge is 2.26. The quantitative estimate of drug-likeness (QED) is 0.718. The molecule has 158 valence electrons. The molecule has 1 aromatic rings. The van der Waals surface area contributed by atoms with Gasteiger partial charge in [0, 0.05) is 44.2 Å². The van der Waals surface area contributed by atoms with E-state index in [1.807, 2.05) is 6.07 Å². The van der Waals surface area contributed by atoms with E-state index in [2.05, 4.69) is 9.52 Å². The predicted octanol–water partition coefficient (Wildman–Crippen LogP) is 1.44. The predicted molar refractivity (Wildman–Crippen MR) is 104 cm³/mol. The summed E-state index contributed by atoms with van der Waals surface area (Å²) in [6, 6.07) is 1.95. The molecule has 0 saturated carbocycles. The molecule has 0 bridgehead atoms. The van der Waals surface area contributed by atoms with Gasteiger partial charge in [-0.15, -0.1) is 0 Å². The number of carbonyl (C=O) groups excluding carboxylic acids is 2.